The summed E-state index contributed by atoms with van der Waals surface area (Å²) in [5.74, 6) is -0.197. The Balaban J connectivity index is 2.14. The van der Waals surface area contributed by atoms with Crippen LogP contribution < -0.4 is 5.73 Å². The molecule has 1 aromatic rings. The van der Waals surface area contributed by atoms with Crippen LogP contribution in [0.1, 0.15) is 30.0 Å². The molecule has 1 saturated carbocycles. The van der Waals surface area contributed by atoms with Crippen molar-refractivity contribution in [3.05, 3.63) is 35.4 Å². The van der Waals surface area contributed by atoms with Crippen molar-refractivity contribution in [1.29, 1.82) is 0 Å². The smallest absolute Gasteiger partial charge is 0.307 e. The minimum absolute atomic E-state index is 0.0746. The van der Waals surface area contributed by atoms with Gasteiger partial charge in [0.25, 0.3) is 0 Å². The molecule has 0 heterocycles. The Morgan fingerprint density at radius 3 is 2.87 bits per heavy atom. The SMILES string of the molecule is NC(c1cccc(CC(=O)O)c1)C1CC1. The Morgan fingerprint density at radius 1 is 1.53 bits per heavy atom. The fraction of sp³-hybridized carbons (Fsp3) is 0.417. The summed E-state index contributed by atoms with van der Waals surface area (Å²) in [7, 11) is 0. The van der Waals surface area contributed by atoms with E-state index >= 15 is 0 Å². The largest absolute Gasteiger partial charge is 0.481 e. The molecular weight excluding hydrogens is 190 g/mol. The minimum Gasteiger partial charge on any atom is -0.481 e. The number of benzene rings is 1. The highest BCUT2D eigenvalue weighted by atomic mass is 16.4. The van der Waals surface area contributed by atoms with E-state index in [-0.39, 0.29) is 12.5 Å². The second kappa shape index (κ2) is 4.03. The lowest BCUT2D eigenvalue weighted by atomic mass is 10.00. The third kappa shape index (κ3) is 2.57. The topological polar surface area (TPSA) is 63.3 Å². The average Bonchev–Trinajstić information content (AvgIpc) is 2.99. The summed E-state index contributed by atoms with van der Waals surface area (Å²) in [6, 6.07) is 7.69. The zero-order valence-electron chi connectivity index (χ0n) is 8.52. The van der Waals surface area contributed by atoms with Gasteiger partial charge >= 0.3 is 5.97 Å². The molecule has 3 heteroatoms. The van der Waals surface area contributed by atoms with Gasteiger partial charge in [-0.3, -0.25) is 4.79 Å². The Bertz CT molecular complexity index is 372. The first-order valence-corrected chi connectivity index (χ1v) is 5.23. The quantitative estimate of drug-likeness (QED) is 0.786. The first kappa shape index (κ1) is 10.2. The number of carboxylic acids is 1. The van der Waals surface area contributed by atoms with Gasteiger partial charge in [0, 0.05) is 6.04 Å². The van der Waals surface area contributed by atoms with Gasteiger partial charge < -0.3 is 10.8 Å². The number of carboxylic acid groups (broad SMARTS) is 1. The van der Waals surface area contributed by atoms with E-state index in [0.29, 0.717) is 5.92 Å². The van der Waals surface area contributed by atoms with Gasteiger partial charge in [0.1, 0.15) is 0 Å². The van der Waals surface area contributed by atoms with Crippen molar-refractivity contribution in [2.45, 2.75) is 25.3 Å². The highest BCUT2D eigenvalue weighted by molar-refractivity contribution is 5.70. The lowest BCUT2D eigenvalue weighted by Gasteiger charge is -2.11. The van der Waals surface area contributed by atoms with Gasteiger partial charge in [0.15, 0.2) is 0 Å². The maximum absolute atomic E-state index is 10.6. The van der Waals surface area contributed by atoms with Gasteiger partial charge in [0.05, 0.1) is 6.42 Å². The molecule has 0 spiro atoms. The normalized spacial score (nSPS) is 17.4. The van der Waals surface area contributed by atoms with Crippen molar-refractivity contribution >= 4 is 5.97 Å². The maximum atomic E-state index is 10.6. The Labute approximate surface area is 88.9 Å². The van der Waals surface area contributed by atoms with Crippen molar-refractivity contribution in [1.82, 2.24) is 0 Å². The van der Waals surface area contributed by atoms with Crippen LogP contribution in [0.4, 0.5) is 0 Å². The fourth-order valence-electron chi connectivity index (χ4n) is 1.81. The molecule has 0 amide bonds. The second-order valence-electron chi connectivity index (χ2n) is 4.18. The predicted molar refractivity (Wildman–Crippen MR) is 57.4 cm³/mol. The van der Waals surface area contributed by atoms with Crippen LogP contribution in [0.15, 0.2) is 24.3 Å². The van der Waals surface area contributed by atoms with Gasteiger partial charge in [-0.2, -0.15) is 0 Å². The van der Waals surface area contributed by atoms with E-state index in [1.54, 1.807) is 0 Å². The molecule has 1 aliphatic rings. The molecule has 0 saturated heterocycles. The summed E-state index contributed by atoms with van der Waals surface area (Å²) < 4.78 is 0. The molecule has 0 aromatic heterocycles. The zero-order chi connectivity index (χ0) is 10.8. The van der Waals surface area contributed by atoms with Crippen molar-refractivity contribution in [2.75, 3.05) is 0 Å². The molecule has 1 fully saturated rings. The minimum atomic E-state index is -0.799. The number of aliphatic carboxylic acids is 1. The molecule has 1 atom stereocenters. The molecule has 0 radical (unpaired) electrons. The average molecular weight is 205 g/mol. The predicted octanol–water partition coefficient (Wildman–Crippen LogP) is 1.72. The van der Waals surface area contributed by atoms with Crippen LogP contribution in [0.25, 0.3) is 0 Å². The van der Waals surface area contributed by atoms with Crippen molar-refractivity contribution in [2.24, 2.45) is 11.7 Å². The Hall–Kier alpha value is -1.35. The van der Waals surface area contributed by atoms with E-state index in [0.717, 1.165) is 11.1 Å². The number of nitrogens with two attached hydrogens (primary N) is 1. The number of hydrogen-bond acceptors (Lipinski definition) is 2. The highest BCUT2D eigenvalue weighted by Crippen LogP contribution is 2.39. The molecule has 1 aliphatic carbocycles. The van der Waals surface area contributed by atoms with Crippen LogP contribution in [0.3, 0.4) is 0 Å². The van der Waals surface area contributed by atoms with Crippen molar-refractivity contribution in [3.8, 4) is 0 Å². The van der Waals surface area contributed by atoms with E-state index in [4.69, 9.17) is 10.8 Å². The third-order valence-electron chi connectivity index (χ3n) is 2.82. The summed E-state index contributed by atoms with van der Waals surface area (Å²) in [5.41, 5.74) is 7.95. The second-order valence-corrected chi connectivity index (χ2v) is 4.18. The van der Waals surface area contributed by atoms with Crippen LogP contribution >= 0.6 is 0 Å². The van der Waals surface area contributed by atoms with Crippen molar-refractivity contribution < 1.29 is 9.90 Å². The van der Waals surface area contributed by atoms with Crippen molar-refractivity contribution in [3.63, 3.8) is 0 Å². The molecule has 15 heavy (non-hydrogen) atoms. The van der Waals surface area contributed by atoms with Gasteiger partial charge in [0.2, 0.25) is 0 Å². The lowest BCUT2D eigenvalue weighted by Crippen LogP contribution is -2.12. The summed E-state index contributed by atoms with van der Waals surface area (Å²) in [4.78, 5) is 10.6. The van der Waals surface area contributed by atoms with Crippen LogP contribution in [0.5, 0.6) is 0 Å². The highest BCUT2D eigenvalue weighted by Gasteiger charge is 2.29. The van der Waals surface area contributed by atoms with E-state index in [2.05, 4.69) is 0 Å². The Kier molecular flexibility index (Phi) is 2.73. The van der Waals surface area contributed by atoms with Crippen LogP contribution in [0.2, 0.25) is 0 Å². The number of carbonyl (C=O) groups is 1. The van der Waals surface area contributed by atoms with E-state index < -0.39 is 5.97 Å². The molecule has 1 unspecified atom stereocenters. The van der Waals surface area contributed by atoms with E-state index in [1.165, 1.54) is 12.8 Å². The summed E-state index contributed by atoms with van der Waals surface area (Å²) in [5, 5.41) is 8.69. The lowest BCUT2D eigenvalue weighted by molar-refractivity contribution is -0.136. The van der Waals surface area contributed by atoms with E-state index in [9.17, 15) is 4.79 Å². The first-order valence-electron chi connectivity index (χ1n) is 5.23. The third-order valence-corrected chi connectivity index (χ3v) is 2.82. The fourth-order valence-corrected chi connectivity index (χ4v) is 1.81. The monoisotopic (exact) mass is 205 g/mol. The maximum Gasteiger partial charge on any atom is 0.307 e. The molecular formula is C12H15NO2. The van der Waals surface area contributed by atoms with Crippen LogP contribution in [-0.2, 0) is 11.2 Å². The first-order chi connectivity index (χ1) is 7.16. The molecule has 1 aromatic carbocycles. The molecule has 0 bridgehead atoms. The number of rotatable bonds is 4. The summed E-state index contributed by atoms with van der Waals surface area (Å²) in [6.45, 7) is 0. The van der Waals surface area contributed by atoms with E-state index in [1.807, 2.05) is 24.3 Å². The molecule has 80 valence electrons. The molecule has 0 aliphatic heterocycles. The molecule has 3 N–H and O–H groups in total. The van der Waals surface area contributed by atoms with Gasteiger partial charge in [-0.1, -0.05) is 24.3 Å². The van der Waals surface area contributed by atoms with Gasteiger partial charge in [-0.15, -0.1) is 0 Å². The standard InChI is InChI=1S/C12H15NO2/c13-12(9-4-5-9)10-3-1-2-8(6-10)7-11(14)15/h1-3,6,9,12H,4-5,7,13H2,(H,14,15). The van der Waals surface area contributed by atoms with Gasteiger partial charge in [-0.25, -0.2) is 0 Å². The Morgan fingerprint density at radius 2 is 2.27 bits per heavy atom. The van der Waals surface area contributed by atoms with Crippen LogP contribution in [0, 0.1) is 5.92 Å². The summed E-state index contributed by atoms with van der Waals surface area (Å²) in [6.07, 6.45) is 2.47. The number of hydrogen-bond donors (Lipinski definition) is 2. The molecule has 2 rings (SSSR count). The van der Waals surface area contributed by atoms with Gasteiger partial charge in [-0.05, 0) is 29.9 Å². The van der Waals surface area contributed by atoms with Crippen LogP contribution in [-0.4, -0.2) is 11.1 Å². The zero-order valence-corrected chi connectivity index (χ0v) is 8.52. The molecule has 3 nitrogen and oxygen atoms in total. The summed E-state index contributed by atoms with van der Waals surface area (Å²) >= 11 is 0.